The third kappa shape index (κ3) is 5.51. The van der Waals surface area contributed by atoms with E-state index in [2.05, 4.69) is 20.4 Å². The van der Waals surface area contributed by atoms with Crippen LogP contribution >= 0.6 is 0 Å². The Labute approximate surface area is 243 Å². The number of pyridine rings is 2. The van der Waals surface area contributed by atoms with Gasteiger partial charge in [-0.2, -0.15) is 0 Å². The Morgan fingerprint density at radius 2 is 1.83 bits per heavy atom. The van der Waals surface area contributed by atoms with E-state index in [4.69, 9.17) is 4.98 Å². The first-order valence-electron chi connectivity index (χ1n) is 14.9. The van der Waals surface area contributed by atoms with Gasteiger partial charge in [0.2, 0.25) is 0 Å². The molecule has 1 amide bonds. The lowest BCUT2D eigenvalue weighted by Gasteiger charge is -2.26. The van der Waals surface area contributed by atoms with E-state index < -0.39 is 5.91 Å². The van der Waals surface area contributed by atoms with E-state index in [0.29, 0.717) is 23.1 Å². The van der Waals surface area contributed by atoms with Crippen LogP contribution in [0.15, 0.2) is 53.7 Å². The maximum atomic E-state index is 14.4. The van der Waals surface area contributed by atoms with Gasteiger partial charge in [0.1, 0.15) is 23.5 Å². The number of aryl methyl sites for hydroxylation is 1. The second-order valence-corrected chi connectivity index (χ2v) is 11.9. The summed E-state index contributed by atoms with van der Waals surface area (Å²) >= 11 is 0. The van der Waals surface area contributed by atoms with Gasteiger partial charge >= 0.3 is 0 Å². The summed E-state index contributed by atoms with van der Waals surface area (Å²) in [5, 5.41) is 11.1. The van der Waals surface area contributed by atoms with Crippen molar-refractivity contribution in [3.8, 4) is 22.5 Å². The third-order valence-electron chi connectivity index (χ3n) is 8.47. The highest BCUT2D eigenvalue weighted by molar-refractivity contribution is 6.04. The number of nitrogens with zero attached hydrogens (tertiary/aromatic N) is 6. The van der Waals surface area contributed by atoms with Crippen LogP contribution in [0.25, 0.3) is 22.5 Å². The van der Waals surface area contributed by atoms with Crippen molar-refractivity contribution in [2.24, 2.45) is 7.05 Å². The van der Waals surface area contributed by atoms with Crippen molar-refractivity contribution in [3.63, 3.8) is 0 Å². The number of halogens is 1. The smallest absolute Gasteiger partial charge is 0.263 e. The molecule has 1 saturated heterocycles. The number of nitrogens with one attached hydrogen (secondary N) is 1. The van der Waals surface area contributed by atoms with E-state index in [0.717, 1.165) is 67.7 Å². The molecule has 1 aromatic carbocycles. The topological polar surface area (TPSA) is 97.9 Å². The molecule has 3 aromatic heterocycles. The van der Waals surface area contributed by atoms with Crippen LogP contribution in [0.1, 0.15) is 78.5 Å². The van der Waals surface area contributed by atoms with Gasteiger partial charge in [0, 0.05) is 43.0 Å². The SMILES string of the molecule is Cn1cnnc1-c1cc(F)ccc1-c1cc(NC(=O)c2cc(CN3CCCCC3)cn(C3CC3)c2=O)nc(C2CC2)c1. The van der Waals surface area contributed by atoms with Crippen LogP contribution in [0.2, 0.25) is 0 Å². The Morgan fingerprint density at radius 3 is 2.55 bits per heavy atom. The van der Waals surface area contributed by atoms with Crippen molar-refractivity contribution in [2.75, 3.05) is 18.4 Å². The van der Waals surface area contributed by atoms with Gasteiger partial charge in [-0.25, -0.2) is 9.37 Å². The Bertz CT molecular complexity index is 1710. The molecule has 0 unspecified atom stereocenters. The van der Waals surface area contributed by atoms with Gasteiger partial charge in [-0.05, 0) is 98.6 Å². The second kappa shape index (κ2) is 10.9. The molecule has 2 aliphatic carbocycles. The molecule has 0 spiro atoms. The standard InChI is InChI=1S/C32H34FN7O2/c1-38-19-34-37-30(38)26-16-23(33)7-10-25(26)22-14-28(21-5-6-21)35-29(15-22)36-31(41)27-13-20(17-39-11-3-2-4-12-39)18-40(32(27)42)24-8-9-24/h7,10,13-16,18-19,21,24H,2-6,8-9,11-12,17H2,1H3,(H,35,36,41). The molecule has 42 heavy (non-hydrogen) atoms. The van der Waals surface area contributed by atoms with E-state index in [-0.39, 0.29) is 23.0 Å². The van der Waals surface area contributed by atoms with Crippen molar-refractivity contribution in [3.05, 3.63) is 81.9 Å². The fourth-order valence-electron chi connectivity index (χ4n) is 5.93. The number of carbonyl (C=O) groups is 1. The summed E-state index contributed by atoms with van der Waals surface area (Å²) < 4.78 is 17.9. The highest BCUT2D eigenvalue weighted by atomic mass is 19.1. The average molecular weight is 568 g/mol. The summed E-state index contributed by atoms with van der Waals surface area (Å²) in [4.78, 5) is 34.3. The van der Waals surface area contributed by atoms with Crippen LogP contribution in [0.4, 0.5) is 10.2 Å². The number of hydrogen-bond donors (Lipinski definition) is 1. The number of aromatic nitrogens is 5. The molecule has 4 heterocycles. The lowest BCUT2D eigenvalue weighted by molar-refractivity contribution is 0.102. The number of carbonyl (C=O) groups excluding carboxylic acids is 1. The molecule has 9 nitrogen and oxygen atoms in total. The van der Waals surface area contributed by atoms with Gasteiger partial charge in [-0.3, -0.25) is 14.5 Å². The summed E-state index contributed by atoms with van der Waals surface area (Å²) in [6, 6.07) is 10.3. The van der Waals surface area contributed by atoms with Crippen LogP contribution in [0.5, 0.6) is 0 Å². The molecule has 4 aromatic rings. The minimum atomic E-state index is -0.464. The lowest BCUT2D eigenvalue weighted by Crippen LogP contribution is -2.32. The van der Waals surface area contributed by atoms with Crippen molar-refractivity contribution in [1.29, 1.82) is 0 Å². The molecule has 2 saturated carbocycles. The number of anilines is 1. The lowest BCUT2D eigenvalue weighted by atomic mass is 9.98. The molecule has 0 radical (unpaired) electrons. The highest BCUT2D eigenvalue weighted by Gasteiger charge is 2.29. The molecule has 10 heteroatoms. The van der Waals surface area contributed by atoms with Crippen LogP contribution in [0.3, 0.4) is 0 Å². The quantitative estimate of drug-likeness (QED) is 0.311. The van der Waals surface area contributed by atoms with Gasteiger partial charge < -0.3 is 14.5 Å². The Kier molecular flexibility index (Phi) is 6.93. The Morgan fingerprint density at radius 1 is 1.02 bits per heavy atom. The number of benzene rings is 1. The molecule has 7 rings (SSSR count). The molecule has 0 bridgehead atoms. The highest BCUT2D eigenvalue weighted by Crippen LogP contribution is 2.42. The van der Waals surface area contributed by atoms with Crippen molar-refractivity contribution in [1.82, 2.24) is 29.2 Å². The number of amides is 1. The Balaban J connectivity index is 1.24. The normalized spacial score (nSPS) is 17.4. The van der Waals surface area contributed by atoms with Crippen LogP contribution in [-0.2, 0) is 13.6 Å². The first-order valence-corrected chi connectivity index (χ1v) is 14.9. The average Bonchev–Trinajstić information content (AvgIpc) is 3.92. The largest absolute Gasteiger partial charge is 0.317 e. The third-order valence-corrected chi connectivity index (χ3v) is 8.47. The number of rotatable bonds is 8. The van der Waals surface area contributed by atoms with Crippen LogP contribution in [-0.4, -0.2) is 48.2 Å². The zero-order valence-corrected chi connectivity index (χ0v) is 23.7. The van der Waals surface area contributed by atoms with Gasteiger partial charge in [0.15, 0.2) is 5.82 Å². The minimum Gasteiger partial charge on any atom is -0.317 e. The fourth-order valence-corrected chi connectivity index (χ4v) is 5.93. The summed E-state index contributed by atoms with van der Waals surface area (Å²) in [6.45, 7) is 2.79. The minimum absolute atomic E-state index is 0.137. The fraction of sp³-hybridized carbons (Fsp3) is 0.406. The summed E-state index contributed by atoms with van der Waals surface area (Å²) in [5.41, 5.74) is 3.86. The maximum Gasteiger partial charge on any atom is 0.263 e. The molecule has 3 aliphatic rings. The van der Waals surface area contributed by atoms with Crippen LogP contribution in [0, 0.1) is 5.82 Å². The first kappa shape index (κ1) is 26.7. The van der Waals surface area contributed by atoms with Gasteiger partial charge in [-0.15, -0.1) is 10.2 Å². The zero-order valence-electron chi connectivity index (χ0n) is 23.7. The number of likely N-dealkylation sites (tertiary alicyclic amines) is 1. The summed E-state index contributed by atoms with van der Waals surface area (Å²) in [7, 11) is 1.81. The van der Waals surface area contributed by atoms with E-state index in [1.165, 1.54) is 31.4 Å². The second-order valence-electron chi connectivity index (χ2n) is 11.9. The van der Waals surface area contributed by atoms with Crippen molar-refractivity contribution >= 4 is 11.7 Å². The van der Waals surface area contributed by atoms with E-state index >= 15 is 0 Å². The number of piperidine rings is 1. The van der Waals surface area contributed by atoms with E-state index in [1.807, 2.05) is 19.3 Å². The Hall–Kier alpha value is -4.18. The molecule has 1 aliphatic heterocycles. The monoisotopic (exact) mass is 567 g/mol. The molecular formula is C32H34FN7O2. The zero-order chi connectivity index (χ0) is 28.8. The predicted octanol–water partition coefficient (Wildman–Crippen LogP) is 5.30. The molecular weight excluding hydrogens is 533 g/mol. The van der Waals surface area contributed by atoms with Gasteiger partial charge in [0.25, 0.3) is 11.5 Å². The molecule has 216 valence electrons. The molecule has 3 fully saturated rings. The molecule has 1 N–H and O–H groups in total. The molecule has 0 atom stereocenters. The summed E-state index contributed by atoms with van der Waals surface area (Å²) in [6.07, 6.45) is 11.1. The van der Waals surface area contributed by atoms with Crippen LogP contribution < -0.4 is 10.9 Å². The maximum absolute atomic E-state index is 14.4. The van der Waals surface area contributed by atoms with Gasteiger partial charge in [0.05, 0.1) is 0 Å². The van der Waals surface area contributed by atoms with Crippen molar-refractivity contribution < 1.29 is 9.18 Å². The van der Waals surface area contributed by atoms with E-state index in [9.17, 15) is 14.0 Å². The van der Waals surface area contributed by atoms with Gasteiger partial charge in [-0.1, -0.05) is 12.5 Å². The first-order chi connectivity index (χ1) is 20.4. The summed E-state index contributed by atoms with van der Waals surface area (Å²) in [5.74, 6) is 0.365. The number of hydrogen-bond acceptors (Lipinski definition) is 6. The van der Waals surface area contributed by atoms with Crippen molar-refractivity contribution in [2.45, 2.75) is 63.5 Å². The van der Waals surface area contributed by atoms with E-state index in [1.54, 1.807) is 33.7 Å². The predicted molar refractivity (Wildman–Crippen MR) is 158 cm³/mol.